The number of hydrogen-bond acceptors (Lipinski definition) is 5. The molecule has 1 heterocycles. The number of halogens is 1. The molecule has 6 heteroatoms. The van der Waals surface area contributed by atoms with Gasteiger partial charge in [-0.2, -0.15) is 0 Å². The van der Waals surface area contributed by atoms with Crippen molar-refractivity contribution in [2.75, 3.05) is 12.4 Å². The summed E-state index contributed by atoms with van der Waals surface area (Å²) >= 11 is 4.53. The molecule has 0 radical (unpaired) electrons. The molecule has 0 atom stereocenters. The van der Waals surface area contributed by atoms with Crippen molar-refractivity contribution in [2.45, 2.75) is 26.2 Å². The smallest absolute Gasteiger partial charge is 0.350 e. The summed E-state index contributed by atoms with van der Waals surface area (Å²) in [6.45, 7) is 2.19. The van der Waals surface area contributed by atoms with Crippen LogP contribution in [0.4, 0.5) is 10.8 Å². The molecule has 0 unspecified atom stereocenters. The molecule has 1 aromatic carbocycles. The zero-order chi connectivity index (χ0) is 15.2. The molecule has 1 N–H and O–H groups in total. The fourth-order valence-corrected chi connectivity index (χ4v) is 3.33. The van der Waals surface area contributed by atoms with Crippen molar-refractivity contribution < 1.29 is 9.53 Å². The quantitative estimate of drug-likeness (QED) is 0.745. The van der Waals surface area contributed by atoms with Crippen molar-refractivity contribution in [3.63, 3.8) is 0 Å². The summed E-state index contributed by atoms with van der Waals surface area (Å²) in [5, 5.41) is 3.85. The first-order valence-electron chi connectivity index (χ1n) is 6.74. The maximum absolute atomic E-state index is 11.5. The Hall–Kier alpha value is -1.40. The fourth-order valence-electron chi connectivity index (χ4n) is 1.83. The molecule has 0 bridgehead atoms. The molecular formula is C15H17BrN2O2S. The number of thiazole rings is 1. The molecule has 0 aliphatic carbocycles. The molecule has 4 nitrogen and oxygen atoms in total. The van der Waals surface area contributed by atoms with Crippen LogP contribution in [0.25, 0.3) is 0 Å². The number of rotatable bonds is 6. The molecule has 0 spiro atoms. The summed E-state index contributed by atoms with van der Waals surface area (Å²) in [5.74, 6) is -0.387. The van der Waals surface area contributed by atoms with E-state index in [2.05, 4.69) is 45.3 Å². The minimum absolute atomic E-state index is 0.387. The van der Waals surface area contributed by atoms with Crippen LogP contribution < -0.4 is 5.32 Å². The third-order valence-electron chi connectivity index (χ3n) is 2.98. The minimum Gasteiger partial charge on any atom is -0.465 e. The highest BCUT2D eigenvalue weighted by molar-refractivity contribution is 9.10. The van der Waals surface area contributed by atoms with Crippen LogP contribution in [-0.4, -0.2) is 18.1 Å². The number of carbonyl (C=O) groups is 1. The standard InChI is InChI=1S/C15H17BrN2O2S/c1-3-4-5-10-6-8-11(9-7-10)17-15-18-13(16)12(21-15)14(19)20-2/h6-9H,3-5H2,1-2H3,(H,17,18). The first-order chi connectivity index (χ1) is 10.1. The van der Waals surface area contributed by atoms with Crippen molar-refractivity contribution in [1.29, 1.82) is 0 Å². The lowest BCUT2D eigenvalue weighted by Crippen LogP contribution is -1.98. The summed E-state index contributed by atoms with van der Waals surface area (Å²) in [7, 11) is 1.36. The molecule has 0 amide bonds. The van der Waals surface area contributed by atoms with E-state index in [4.69, 9.17) is 4.74 Å². The van der Waals surface area contributed by atoms with Gasteiger partial charge in [-0.25, -0.2) is 9.78 Å². The second-order valence-corrected chi connectivity index (χ2v) is 6.31. The van der Waals surface area contributed by atoms with E-state index in [0.29, 0.717) is 14.6 Å². The van der Waals surface area contributed by atoms with Gasteiger partial charge in [0.2, 0.25) is 0 Å². The van der Waals surface area contributed by atoms with Crippen LogP contribution in [0, 0.1) is 0 Å². The number of aryl methyl sites for hydroxylation is 1. The van der Waals surface area contributed by atoms with Gasteiger partial charge in [0.25, 0.3) is 0 Å². The van der Waals surface area contributed by atoms with E-state index in [9.17, 15) is 4.79 Å². The van der Waals surface area contributed by atoms with E-state index in [1.807, 2.05) is 12.1 Å². The zero-order valence-electron chi connectivity index (χ0n) is 12.0. The lowest BCUT2D eigenvalue weighted by atomic mass is 10.1. The largest absolute Gasteiger partial charge is 0.465 e. The molecule has 0 fully saturated rings. The molecule has 1 aromatic heterocycles. The fraction of sp³-hybridized carbons (Fsp3) is 0.333. The molecule has 0 saturated carbocycles. The van der Waals surface area contributed by atoms with Crippen molar-refractivity contribution in [1.82, 2.24) is 4.98 Å². The lowest BCUT2D eigenvalue weighted by Gasteiger charge is -2.04. The maximum atomic E-state index is 11.5. The average Bonchev–Trinajstić information content (AvgIpc) is 2.86. The van der Waals surface area contributed by atoms with Gasteiger partial charge in [0.05, 0.1) is 7.11 Å². The lowest BCUT2D eigenvalue weighted by molar-refractivity contribution is 0.0605. The third kappa shape index (κ3) is 4.28. The van der Waals surface area contributed by atoms with Gasteiger partial charge < -0.3 is 10.1 Å². The van der Waals surface area contributed by atoms with Crippen LogP contribution in [0.3, 0.4) is 0 Å². The summed E-state index contributed by atoms with van der Waals surface area (Å²) in [5.41, 5.74) is 2.28. The first-order valence-corrected chi connectivity index (χ1v) is 8.35. The Balaban J connectivity index is 2.06. The third-order valence-corrected chi connectivity index (χ3v) is 4.77. The number of methoxy groups -OCH3 is 1. The molecule has 2 aromatic rings. The number of nitrogens with one attached hydrogen (secondary N) is 1. The normalized spacial score (nSPS) is 10.4. The SMILES string of the molecule is CCCCc1ccc(Nc2nc(Br)c(C(=O)OC)s2)cc1. The number of esters is 1. The Morgan fingerprint density at radius 2 is 2.10 bits per heavy atom. The second-order valence-electron chi connectivity index (χ2n) is 4.56. The molecule has 0 aliphatic rings. The average molecular weight is 369 g/mol. The highest BCUT2D eigenvalue weighted by Crippen LogP contribution is 2.30. The van der Waals surface area contributed by atoms with E-state index in [1.165, 1.54) is 36.9 Å². The van der Waals surface area contributed by atoms with E-state index >= 15 is 0 Å². The van der Waals surface area contributed by atoms with Crippen molar-refractivity contribution in [2.24, 2.45) is 0 Å². The predicted molar refractivity (Wildman–Crippen MR) is 89.5 cm³/mol. The van der Waals surface area contributed by atoms with E-state index in [0.717, 1.165) is 12.1 Å². The molecule has 112 valence electrons. The molecule has 2 rings (SSSR count). The molecular weight excluding hydrogens is 352 g/mol. The van der Waals surface area contributed by atoms with Crippen LogP contribution >= 0.6 is 27.3 Å². The van der Waals surface area contributed by atoms with Crippen LogP contribution in [0.2, 0.25) is 0 Å². The van der Waals surface area contributed by atoms with E-state index in [-0.39, 0.29) is 5.97 Å². The Labute approximate surface area is 136 Å². The number of hydrogen-bond donors (Lipinski definition) is 1. The Morgan fingerprint density at radius 3 is 2.71 bits per heavy atom. The maximum Gasteiger partial charge on any atom is 0.350 e. The topological polar surface area (TPSA) is 51.2 Å². The van der Waals surface area contributed by atoms with Gasteiger partial charge in [0, 0.05) is 5.69 Å². The molecule has 0 saturated heterocycles. The van der Waals surface area contributed by atoms with Crippen molar-refractivity contribution in [3.05, 3.63) is 39.3 Å². The van der Waals surface area contributed by atoms with Crippen LogP contribution in [0.1, 0.15) is 35.0 Å². The first kappa shape index (κ1) is 16.0. The number of carbonyl (C=O) groups excluding carboxylic acids is 1. The van der Waals surface area contributed by atoms with Gasteiger partial charge in [0.15, 0.2) is 5.13 Å². The Bertz CT molecular complexity index is 611. The Morgan fingerprint density at radius 1 is 1.38 bits per heavy atom. The number of anilines is 2. The van der Waals surface area contributed by atoms with Gasteiger partial charge in [-0.1, -0.05) is 36.8 Å². The predicted octanol–water partition coefficient (Wildman–Crippen LogP) is 4.78. The van der Waals surface area contributed by atoms with Gasteiger partial charge in [-0.05, 0) is 46.5 Å². The Kier molecular flexibility index (Phi) is 5.76. The van der Waals surface area contributed by atoms with Crippen molar-refractivity contribution >= 4 is 44.1 Å². The number of benzene rings is 1. The van der Waals surface area contributed by atoms with Crippen molar-refractivity contribution in [3.8, 4) is 0 Å². The van der Waals surface area contributed by atoms with Crippen LogP contribution in [-0.2, 0) is 11.2 Å². The van der Waals surface area contributed by atoms with Crippen LogP contribution in [0.5, 0.6) is 0 Å². The number of unbranched alkanes of at least 4 members (excludes halogenated alkanes) is 1. The van der Waals surface area contributed by atoms with Gasteiger partial charge >= 0.3 is 5.97 Å². The highest BCUT2D eigenvalue weighted by atomic mass is 79.9. The zero-order valence-corrected chi connectivity index (χ0v) is 14.4. The van der Waals surface area contributed by atoms with E-state index in [1.54, 1.807) is 0 Å². The summed E-state index contributed by atoms with van der Waals surface area (Å²) < 4.78 is 5.21. The molecule has 0 aliphatic heterocycles. The second kappa shape index (κ2) is 7.56. The summed E-state index contributed by atoms with van der Waals surface area (Å²) in [4.78, 5) is 16.3. The summed E-state index contributed by atoms with van der Waals surface area (Å²) in [6.07, 6.45) is 3.50. The van der Waals surface area contributed by atoms with Gasteiger partial charge in [0.1, 0.15) is 9.48 Å². The summed E-state index contributed by atoms with van der Waals surface area (Å²) in [6, 6.07) is 8.28. The number of aromatic nitrogens is 1. The molecule has 21 heavy (non-hydrogen) atoms. The number of nitrogens with zero attached hydrogens (tertiary/aromatic N) is 1. The monoisotopic (exact) mass is 368 g/mol. The highest BCUT2D eigenvalue weighted by Gasteiger charge is 2.16. The number of ether oxygens (including phenoxy) is 1. The van der Waals surface area contributed by atoms with E-state index < -0.39 is 0 Å². The van der Waals surface area contributed by atoms with Gasteiger partial charge in [-0.15, -0.1) is 0 Å². The van der Waals surface area contributed by atoms with Crippen LogP contribution in [0.15, 0.2) is 28.9 Å². The van der Waals surface area contributed by atoms with Gasteiger partial charge in [-0.3, -0.25) is 0 Å². The minimum atomic E-state index is -0.387.